The Labute approximate surface area is 222 Å². The van der Waals surface area contributed by atoms with Gasteiger partial charge in [-0.2, -0.15) is 5.10 Å². The van der Waals surface area contributed by atoms with Gasteiger partial charge in [0.1, 0.15) is 5.56 Å². The van der Waals surface area contributed by atoms with Crippen molar-refractivity contribution in [2.75, 3.05) is 5.73 Å². The molecule has 5 aromatic heterocycles. The van der Waals surface area contributed by atoms with Gasteiger partial charge in [0, 0.05) is 42.1 Å². The van der Waals surface area contributed by atoms with Crippen molar-refractivity contribution in [3.8, 4) is 23.1 Å². The van der Waals surface area contributed by atoms with E-state index < -0.39 is 0 Å². The van der Waals surface area contributed by atoms with Crippen LogP contribution in [0, 0.1) is 11.8 Å². The van der Waals surface area contributed by atoms with E-state index in [0.29, 0.717) is 5.65 Å². The van der Waals surface area contributed by atoms with E-state index in [-0.39, 0.29) is 23.3 Å². The first-order chi connectivity index (χ1) is 18.5. The number of aromatic nitrogens is 6. The van der Waals surface area contributed by atoms with Crippen molar-refractivity contribution in [2.24, 2.45) is 7.05 Å². The molecule has 0 bridgehead atoms. The summed E-state index contributed by atoms with van der Waals surface area (Å²) in [5.74, 6) is 6.19. The van der Waals surface area contributed by atoms with E-state index in [0.717, 1.165) is 38.2 Å². The summed E-state index contributed by atoms with van der Waals surface area (Å²) in [5, 5.41) is 13.5. The standard InChI is InChI=1S/C28H22N8OS/c1-17(32-28(37)23-26(29)34-36-12-6-11-30-27(23)36)21-13-22-25(33-24(21)19-7-4-3-5-8-19)20(16-38-22)10-9-18-14-31-35(2)15-18/h3-8,11-17H,1-2H3,(H2,29,34)(H,32,37)/t17-/m1/s1. The van der Waals surface area contributed by atoms with E-state index in [1.807, 2.05) is 55.9 Å². The molecule has 38 heavy (non-hydrogen) atoms. The number of nitrogens with zero attached hydrogens (tertiary/aromatic N) is 6. The van der Waals surface area contributed by atoms with Gasteiger partial charge in [-0.15, -0.1) is 16.4 Å². The molecule has 0 aliphatic rings. The van der Waals surface area contributed by atoms with Crippen LogP contribution < -0.4 is 11.1 Å². The maximum absolute atomic E-state index is 13.3. The van der Waals surface area contributed by atoms with Gasteiger partial charge >= 0.3 is 0 Å². The fraction of sp³-hybridized carbons (Fsp3) is 0.107. The number of nitrogens with one attached hydrogen (secondary N) is 1. The van der Waals surface area contributed by atoms with Crippen molar-refractivity contribution in [3.63, 3.8) is 0 Å². The van der Waals surface area contributed by atoms with Crippen LogP contribution in [0.15, 0.2) is 72.6 Å². The highest BCUT2D eigenvalue weighted by Crippen LogP contribution is 2.34. The Morgan fingerprint density at radius 2 is 2.03 bits per heavy atom. The maximum Gasteiger partial charge on any atom is 0.259 e. The Hall–Kier alpha value is -5.01. The number of fused-ring (bicyclic) bond motifs is 2. The van der Waals surface area contributed by atoms with Crippen molar-refractivity contribution >= 4 is 38.9 Å². The smallest absolute Gasteiger partial charge is 0.259 e. The number of aryl methyl sites for hydroxylation is 1. The molecule has 0 fully saturated rings. The lowest BCUT2D eigenvalue weighted by molar-refractivity contribution is 0.0942. The Morgan fingerprint density at radius 3 is 2.82 bits per heavy atom. The number of amides is 1. The minimum atomic E-state index is -0.375. The second kappa shape index (κ2) is 9.46. The van der Waals surface area contributed by atoms with Crippen molar-refractivity contribution in [3.05, 3.63) is 94.9 Å². The number of pyridine rings is 1. The third kappa shape index (κ3) is 4.25. The van der Waals surface area contributed by atoms with Gasteiger partial charge in [-0.05, 0) is 19.1 Å². The van der Waals surface area contributed by atoms with Gasteiger partial charge in [-0.3, -0.25) is 9.48 Å². The summed E-state index contributed by atoms with van der Waals surface area (Å²) < 4.78 is 4.20. The summed E-state index contributed by atoms with van der Waals surface area (Å²) in [4.78, 5) is 22.7. The molecule has 6 rings (SSSR count). The monoisotopic (exact) mass is 518 g/mol. The molecule has 9 nitrogen and oxygen atoms in total. The minimum absolute atomic E-state index is 0.125. The zero-order chi connectivity index (χ0) is 26.2. The van der Waals surface area contributed by atoms with Crippen LogP contribution in [-0.4, -0.2) is 35.3 Å². The fourth-order valence-electron chi connectivity index (χ4n) is 4.31. The first-order valence-corrected chi connectivity index (χ1v) is 12.7. The van der Waals surface area contributed by atoms with Crippen LogP contribution in [0.4, 0.5) is 5.82 Å². The third-order valence-corrected chi connectivity index (χ3v) is 7.05. The van der Waals surface area contributed by atoms with Gasteiger partial charge in [0.2, 0.25) is 0 Å². The zero-order valence-electron chi connectivity index (χ0n) is 20.6. The Balaban J connectivity index is 1.40. The molecule has 3 N–H and O–H groups in total. The molecule has 6 aromatic rings. The van der Waals surface area contributed by atoms with Crippen molar-refractivity contribution in [1.82, 2.24) is 34.7 Å². The van der Waals surface area contributed by atoms with Crippen molar-refractivity contribution in [1.29, 1.82) is 0 Å². The molecule has 0 saturated heterocycles. The van der Waals surface area contributed by atoms with Crippen LogP contribution >= 0.6 is 11.3 Å². The van der Waals surface area contributed by atoms with Gasteiger partial charge < -0.3 is 11.1 Å². The van der Waals surface area contributed by atoms with E-state index >= 15 is 0 Å². The molecular weight excluding hydrogens is 496 g/mol. The van der Waals surface area contributed by atoms with Crippen LogP contribution in [0.25, 0.3) is 27.1 Å². The predicted octanol–water partition coefficient (Wildman–Crippen LogP) is 4.21. The van der Waals surface area contributed by atoms with Crippen LogP contribution in [0.5, 0.6) is 0 Å². The van der Waals surface area contributed by atoms with E-state index in [9.17, 15) is 4.79 Å². The summed E-state index contributed by atoms with van der Waals surface area (Å²) in [7, 11) is 1.86. The van der Waals surface area contributed by atoms with Crippen molar-refractivity contribution < 1.29 is 4.79 Å². The minimum Gasteiger partial charge on any atom is -0.381 e. The molecule has 5 heterocycles. The molecule has 0 unspecified atom stereocenters. The third-order valence-electron chi connectivity index (χ3n) is 6.13. The van der Waals surface area contributed by atoms with Crippen LogP contribution in [0.1, 0.15) is 40.0 Å². The highest BCUT2D eigenvalue weighted by molar-refractivity contribution is 7.17. The SMILES string of the molecule is C[C@@H](NC(=O)c1c(N)nn2cccnc12)c1cc2scc(C#Cc3cnn(C)c3)c2nc1-c1ccccc1. The normalized spacial score (nSPS) is 11.8. The van der Waals surface area contributed by atoms with Crippen LogP contribution in [-0.2, 0) is 7.05 Å². The van der Waals surface area contributed by atoms with Crippen molar-refractivity contribution in [2.45, 2.75) is 13.0 Å². The van der Waals surface area contributed by atoms with Gasteiger partial charge in [0.25, 0.3) is 5.91 Å². The first-order valence-electron chi connectivity index (χ1n) is 11.9. The second-order valence-electron chi connectivity index (χ2n) is 8.78. The molecule has 1 aromatic carbocycles. The number of carbonyl (C=O) groups excluding carboxylic acids is 1. The molecule has 0 aliphatic heterocycles. The first kappa shape index (κ1) is 23.4. The molecule has 1 amide bonds. The maximum atomic E-state index is 13.3. The summed E-state index contributed by atoms with van der Waals surface area (Å²) >= 11 is 1.57. The number of carbonyl (C=O) groups is 1. The number of benzene rings is 1. The number of nitrogen functional groups attached to an aromatic ring is 1. The zero-order valence-corrected chi connectivity index (χ0v) is 21.4. The molecule has 1 atom stereocenters. The summed E-state index contributed by atoms with van der Waals surface area (Å²) in [5.41, 5.74) is 11.8. The fourth-order valence-corrected chi connectivity index (χ4v) is 5.19. The number of hydrogen-bond acceptors (Lipinski definition) is 7. The molecule has 0 spiro atoms. The number of nitrogens with two attached hydrogens (primary N) is 1. The van der Waals surface area contributed by atoms with E-state index in [2.05, 4.69) is 38.4 Å². The highest BCUT2D eigenvalue weighted by Gasteiger charge is 2.23. The number of thiophene rings is 1. The summed E-state index contributed by atoms with van der Waals surface area (Å²) in [6.07, 6.45) is 6.92. The summed E-state index contributed by atoms with van der Waals surface area (Å²) in [6, 6.07) is 13.3. The topological polar surface area (TPSA) is 116 Å². The number of anilines is 1. The van der Waals surface area contributed by atoms with Crippen LogP contribution in [0.2, 0.25) is 0 Å². The molecule has 10 heteroatoms. The lowest BCUT2D eigenvalue weighted by Gasteiger charge is -2.18. The molecular formula is C28H22N8OS. The van der Waals surface area contributed by atoms with E-state index in [4.69, 9.17) is 10.7 Å². The predicted molar refractivity (Wildman–Crippen MR) is 148 cm³/mol. The summed E-state index contributed by atoms with van der Waals surface area (Å²) in [6.45, 7) is 1.93. The molecule has 0 aliphatic carbocycles. The average Bonchev–Trinajstić information content (AvgIpc) is 3.62. The number of hydrogen-bond donors (Lipinski definition) is 2. The largest absolute Gasteiger partial charge is 0.381 e. The highest BCUT2D eigenvalue weighted by atomic mass is 32.1. The van der Waals surface area contributed by atoms with E-state index in [1.165, 1.54) is 4.52 Å². The lowest BCUT2D eigenvalue weighted by atomic mass is 9.99. The quantitative estimate of drug-likeness (QED) is 0.338. The van der Waals surface area contributed by atoms with Gasteiger partial charge in [0.05, 0.1) is 39.3 Å². The van der Waals surface area contributed by atoms with Crippen LogP contribution in [0.3, 0.4) is 0 Å². The van der Waals surface area contributed by atoms with E-state index in [1.54, 1.807) is 40.7 Å². The van der Waals surface area contributed by atoms with Gasteiger partial charge in [-0.1, -0.05) is 42.2 Å². The Kier molecular flexibility index (Phi) is 5.82. The van der Waals surface area contributed by atoms with Gasteiger partial charge in [-0.25, -0.2) is 14.5 Å². The van der Waals surface area contributed by atoms with Gasteiger partial charge in [0.15, 0.2) is 11.5 Å². The lowest BCUT2D eigenvalue weighted by Crippen LogP contribution is -2.28. The molecule has 0 radical (unpaired) electrons. The average molecular weight is 519 g/mol. The molecule has 0 saturated carbocycles. The Morgan fingerprint density at radius 1 is 1.18 bits per heavy atom. The number of rotatable bonds is 4. The molecule has 186 valence electrons. The Bertz CT molecular complexity index is 1870. The second-order valence-corrected chi connectivity index (χ2v) is 9.70.